The summed E-state index contributed by atoms with van der Waals surface area (Å²) < 4.78 is 6.64. The van der Waals surface area contributed by atoms with Gasteiger partial charge in [0.05, 0.1) is 15.2 Å². The molecular weight excluding hydrogens is 564 g/mol. The summed E-state index contributed by atoms with van der Waals surface area (Å²) in [6.07, 6.45) is 2.13. The van der Waals surface area contributed by atoms with Crippen molar-refractivity contribution in [2.24, 2.45) is 5.92 Å². The van der Waals surface area contributed by atoms with Gasteiger partial charge in [-0.2, -0.15) is 0 Å². The molecule has 0 radical (unpaired) electrons. The van der Waals surface area contributed by atoms with Crippen molar-refractivity contribution in [1.29, 1.82) is 0 Å². The Balaban J connectivity index is 1.43. The Hall–Kier alpha value is -2.86. The highest BCUT2D eigenvalue weighted by atomic mass is 32.1. The minimum absolute atomic E-state index is 0.142. The van der Waals surface area contributed by atoms with Crippen molar-refractivity contribution in [3.8, 4) is 0 Å². The molecule has 2 aliphatic rings. The first-order valence-electron chi connectivity index (χ1n) is 15.6. The summed E-state index contributed by atoms with van der Waals surface area (Å²) in [4.78, 5) is 48.5. The van der Waals surface area contributed by atoms with Crippen molar-refractivity contribution in [3.63, 3.8) is 0 Å². The lowest BCUT2D eigenvalue weighted by atomic mass is 9.91. The van der Waals surface area contributed by atoms with Crippen LogP contribution in [0, 0.1) is 5.92 Å². The van der Waals surface area contributed by atoms with E-state index >= 15 is 0 Å². The molecule has 43 heavy (non-hydrogen) atoms. The molecule has 10 nitrogen and oxygen atoms in total. The van der Waals surface area contributed by atoms with E-state index < -0.39 is 6.04 Å². The van der Waals surface area contributed by atoms with Gasteiger partial charge >= 0.3 is 0 Å². The second-order valence-electron chi connectivity index (χ2n) is 12.1. The molecule has 3 amide bonds. The summed E-state index contributed by atoms with van der Waals surface area (Å²) >= 11 is 1.56. The van der Waals surface area contributed by atoms with Crippen LogP contribution in [0.1, 0.15) is 56.5 Å². The smallest absolute Gasteiger partial charge is 0.247 e. The predicted molar refractivity (Wildman–Crippen MR) is 171 cm³/mol. The van der Waals surface area contributed by atoms with Gasteiger partial charge < -0.3 is 25.6 Å². The molecule has 1 aromatic carbocycles. The van der Waals surface area contributed by atoms with Gasteiger partial charge in [0.2, 0.25) is 17.7 Å². The number of fused-ring (bicyclic) bond motifs is 1. The fourth-order valence-corrected chi connectivity index (χ4v) is 6.59. The number of ether oxygens (including phenoxy) is 1. The largest absolute Gasteiger partial charge is 0.381 e. The van der Waals surface area contributed by atoms with Crippen molar-refractivity contribution in [2.75, 3.05) is 59.5 Å². The number of hydrogen-bond acceptors (Lipinski definition) is 8. The molecule has 2 atom stereocenters. The summed E-state index contributed by atoms with van der Waals surface area (Å²) in [6.45, 7) is 15.9. The van der Waals surface area contributed by atoms with Crippen LogP contribution in [0.5, 0.6) is 0 Å². The second kappa shape index (κ2) is 15.7. The Kier molecular flexibility index (Phi) is 12.1. The Morgan fingerprint density at radius 1 is 1.12 bits per heavy atom. The van der Waals surface area contributed by atoms with Gasteiger partial charge in [0.25, 0.3) is 0 Å². The van der Waals surface area contributed by atoms with Crippen LogP contribution in [-0.4, -0.2) is 104 Å². The molecule has 4 rings (SSSR count). The summed E-state index contributed by atoms with van der Waals surface area (Å²) in [6, 6.07) is 5.19. The Morgan fingerprint density at radius 2 is 1.84 bits per heavy atom. The third-order valence-electron chi connectivity index (χ3n) is 8.45. The van der Waals surface area contributed by atoms with Gasteiger partial charge in [-0.3, -0.25) is 19.3 Å². The highest BCUT2D eigenvalue weighted by Gasteiger charge is 2.30. The number of benzene rings is 1. The van der Waals surface area contributed by atoms with Gasteiger partial charge in [-0.15, -0.1) is 11.3 Å². The molecule has 11 heteroatoms. The SMILES string of the molecule is C=C(CN1CCN(C)CC1)C(=O)NC[C@@H](NC(=O)[C@H](Cc1nc2ccc(C(C)C)cc2s1)NC(=O)CC)C1CCOCC1. The van der Waals surface area contributed by atoms with Gasteiger partial charge in [0.15, 0.2) is 0 Å². The van der Waals surface area contributed by atoms with Crippen molar-refractivity contribution in [2.45, 2.75) is 64.5 Å². The molecule has 1 aromatic heterocycles. The third kappa shape index (κ3) is 9.56. The van der Waals surface area contributed by atoms with Gasteiger partial charge in [-0.1, -0.05) is 33.4 Å². The molecule has 0 unspecified atom stereocenters. The van der Waals surface area contributed by atoms with E-state index in [-0.39, 0.29) is 42.6 Å². The lowest BCUT2D eigenvalue weighted by Crippen LogP contribution is -2.55. The first-order chi connectivity index (χ1) is 20.6. The van der Waals surface area contributed by atoms with Gasteiger partial charge in [0, 0.05) is 76.9 Å². The number of amides is 3. The predicted octanol–water partition coefficient (Wildman–Crippen LogP) is 2.69. The normalized spacial score (nSPS) is 18.3. The number of thiazole rings is 1. The summed E-state index contributed by atoms with van der Waals surface area (Å²) in [5.74, 6) is -0.117. The molecule has 0 saturated carbocycles. The van der Waals surface area contributed by atoms with Crippen LogP contribution in [0.25, 0.3) is 10.2 Å². The number of rotatable bonds is 13. The van der Waals surface area contributed by atoms with Crippen molar-refractivity contribution >= 4 is 39.3 Å². The quantitative estimate of drug-likeness (QED) is 0.298. The fourth-order valence-electron chi connectivity index (χ4n) is 5.53. The number of hydrogen-bond donors (Lipinski definition) is 3. The van der Waals surface area contributed by atoms with Crippen molar-refractivity contribution < 1.29 is 19.1 Å². The average Bonchev–Trinajstić information content (AvgIpc) is 3.41. The number of nitrogens with one attached hydrogen (secondary N) is 3. The van der Waals surface area contributed by atoms with Gasteiger partial charge in [-0.05, 0) is 49.4 Å². The van der Waals surface area contributed by atoms with Crippen LogP contribution in [0.15, 0.2) is 30.4 Å². The first kappa shape index (κ1) is 33.0. The maximum Gasteiger partial charge on any atom is 0.247 e. The lowest BCUT2D eigenvalue weighted by molar-refractivity contribution is -0.129. The lowest BCUT2D eigenvalue weighted by Gasteiger charge is -2.33. The zero-order valence-electron chi connectivity index (χ0n) is 26.1. The van der Waals surface area contributed by atoms with Crippen LogP contribution in [0.2, 0.25) is 0 Å². The average molecular weight is 613 g/mol. The Labute approximate surface area is 259 Å². The monoisotopic (exact) mass is 612 g/mol. The van der Waals surface area contributed by atoms with Gasteiger partial charge in [0.1, 0.15) is 6.04 Å². The minimum atomic E-state index is -0.775. The van der Waals surface area contributed by atoms with Crippen LogP contribution >= 0.6 is 11.3 Å². The van der Waals surface area contributed by atoms with Crippen molar-refractivity contribution in [1.82, 2.24) is 30.7 Å². The molecule has 2 aliphatic heterocycles. The van der Waals surface area contributed by atoms with E-state index in [2.05, 4.69) is 65.4 Å². The van der Waals surface area contributed by atoms with Crippen LogP contribution in [0.3, 0.4) is 0 Å². The summed E-state index contributed by atoms with van der Waals surface area (Å²) in [7, 11) is 2.10. The number of nitrogens with zero attached hydrogens (tertiary/aromatic N) is 3. The fraction of sp³-hybridized carbons (Fsp3) is 0.625. The molecule has 0 spiro atoms. The number of carbonyl (C=O) groups excluding carboxylic acids is 3. The highest BCUT2D eigenvalue weighted by Crippen LogP contribution is 2.27. The topological polar surface area (TPSA) is 116 Å². The number of carbonyl (C=O) groups is 3. The second-order valence-corrected chi connectivity index (χ2v) is 13.2. The molecule has 0 bridgehead atoms. The summed E-state index contributed by atoms with van der Waals surface area (Å²) in [5, 5.41) is 9.91. The number of likely N-dealkylation sites (N-methyl/N-ethyl adjacent to an activating group) is 1. The van der Waals surface area contributed by atoms with Crippen LogP contribution in [-0.2, 0) is 25.5 Å². The standard InChI is InChI=1S/C32H48N6O4S/c1-6-29(39)34-26(18-30-35-25-8-7-24(21(2)3)17-28(25)43-30)32(41)36-27(23-9-15-42-16-10-23)19-33-31(40)22(4)20-38-13-11-37(5)12-14-38/h7-8,17,21,23,26-27H,4,6,9-16,18-20H2,1-3,5H3,(H,33,40)(H,34,39)(H,36,41)/t26-,27+/m0/s1. The van der Waals surface area contributed by atoms with E-state index in [0.29, 0.717) is 37.7 Å². The third-order valence-corrected chi connectivity index (χ3v) is 9.49. The van der Waals surface area contributed by atoms with E-state index in [0.717, 1.165) is 54.2 Å². The molecular formula is C32H48N6O4S. The highest BCUT2D eigenvalue weighted by molar-refractivity contribution is 7.18. The Morgan fingerprint density at radius 3 is 2.51 bits per heavy atom. The minimum Gasteiger partial charge on any atom is -0.381 e. The van der Waals surface area contributed by atoms with E-state index in [1.165, 1.54) is 5.56 Å². The van der Waals surface area contributed by atoms with E-state index in [9.17, 15) is 14.4 Å². The van der Waals surface area contributed by atoms with Crippen LogP contribution < -0.4 is 16.0 Å². The zero-order chi connectivity index (χ0) is 30.9. The first-order valence-corrected chi connectivity index (χ1v) is 16.4. The van der Waals surface area contributed by atoms with E-state index in [1.54, 1.807) is 18.3 Å². The number of aromatic nitrogens is 1. The Bertz CT molecular complexity index is 1270. The van der Waals surface area contributed by atoms with E-state index in [1.807, 2.05) is 6.07 Å². The van der Waals surface area contributed by atoms with Crippen molar-refractivity contribution in [3.05, 3.63) is 40.9 Å². The molecule has 2 fully saturated rings. The molecule has 2 saturated heterocycles. The zero-order valence-corrected chi connectivity index (χ0v) is 26.9. The molecule has 3 heterocycles. The van der Waals surface area contributed by atoms with Crippen LogP contribution in [0.4, 0.5) is 0 Å². The maximum atomic E-state index is 13.8. The maximum absolute atomic E-state index is 13.8. The van der Waals surface area contributed by atoms with E-state index in [4.69, 9.17) is 9.72 Å². The summed E-state index contributed by atoms with van der Waals surface area (Å²) in [5.41, 5.74) is 2.65. The van der Waals surface area contributed by atoms with Gasteiger partial charge in [-0.25, -0.2) is 4.98 Å². The molecule has 0 aliphatic carbocycles. The molecule has 3 N–H and O–H groups in total. The molecule has 236 valence electrons. The molecule has 2 aromatic rings. The number of piperazine rings is 1.